The van der Waals surface area contributed by atoms with Crippen LogP contribution in [0.2, 0.25) is 0 Å². The van der Waals surface area contributed by atoms with Gasteiger partial charge in [0, 0.05) is 12.8 Å². The molecular weight excluding hydrogens is 536 g/mol. The maximum absolute atomic E-state index is 13.4. The van der Waals surface area contributed by atoms with Crippen LogP contribution in [0.15, 0.2) is 30.3 Å². The first-order chi connectivity index (χ1) is 20.0. The van der Waals surface area contributed by atoms with Gasteiger partial charge in [-0.3, -0.25) is 14.4 Å². The highest BCUT2D eigenvalue weighted by Gasteiger charge is 2.32. The Morgan fingerprint density at radius 2 is 1.40 bits per heavy atom. The zero-order chi connectivity index (χ0) is 31.2. The second-order valence-electron chi connectivity index (χ2n) is 11.9. The highest BCUT2D eigenvalue weighted by molar-refractivity contribution is 6.04. The van der Waals surface area contributed by atoms with E-state index in [1.54, 1.807) is 20.8 Å². The molecule has 0 aliphatic heterocycles. The predicted molar refractivity (Wildman–Crippen MR) is 162 cm³/mol. The Morgan fingerprint density at radius 3 is 1.95 bits per heavy atom. The first kappa shape index (κ1) is 36.8. The molecule has 1 unspecified atom stereocenters. The van der Waals surface area contributed by atoms with Crippen LogP contribution >= 0.6 is 0 Å². The number of unbranched alkanes of at least 4 members (excludes halogenated alkanes) is 10. The Labute approximate surface area is 251 Å². The van der Waals surface area contributed by atoms with E-state index >= 15 is 0 Å². The minimum absolute atomic E-state index is 0.0621. The van der Waals surface area contributed by atoms with Crippen LogP contribution in [-0.2, 0) is 35.3 Å². The van der Waals surface area contributed by atoms with Gasteiger partial charge in [-0.15, -0.1) is 0 Å². The maximum atomic E-state index is 13.4. The largest absolute Gasteiger partial charge is 0.461 e. The summed E-state index contributed by atoms with van der Waals surface area (Å²) in [5, 5.41) is 2.60. The van der Waals surface area contributed by atoms with E-state index in [0.717, 1.165) is 56.8 Å². The van der Waals surface area contributed by atoms with Gasteiger partial charge in [0.1, 0.15) is 18.5 Å². The second-order valence-corrected chi connectivity index (χ2v) is 11.9. The number of nitrogens with two attached hydrogens (primary N) is 1. The molecule has 0 bridgehead atoms. The number of primary amides is 1. The fraction of sp³-hybridized carbons (Fsp3) is 0.667. The molecule has 9 heteroatoms. The summed E-state index contributed by atoms with van der Waals surface area (Å²) in [6, 6.07) is 8.31. The topological polar surface area (TPSA) is 142 Å². The molecule has 1 aromatic rings. The van der Waals surface area contributed by atoms with Crippen molar-refractivity contribution < 1.29 is 33.4 Å². The summed E-state index contributed by atoms with van der Waals surface area (Å²) in [6.07, 6.45) is 12.0. The molecule has 9 nitrogen and oxygen atoms in total. The van der Waals surface area contributed by atoms with Crippen molar-refractivity contribution >= 4 is 30.0 Å². The predicted octanol–water partition coefficient (Wildman–Crippen LogP) is 6.34. The molecule has 1 rings (SSSR count). The SMILES string of the molecule is CC(C)(C)OC(=O)N[C@@H](CCCC(=O)OCc1ccccc1)C(=O)C(CCCCCCCCCCCCC=O)C(N)=O. The lowest BCUT2D eigenvalue weighted by Gasteiger charge is -2.25. The summed E-state index contributed by atoms with van der Waals surface area (Å²) in [7, 11) is 0. The molecule has 236 valence electrons. The number of alkyl carbamates (subject to hydrolysis) is 1. The number of carbonyl (C=O) groups excluding carboxylic acids is 5. The van der Waals surface area contributed by atoms with Crippen LogP contribution < -0.4 is 11.1 Å². The van der Waals surface area contributed by atoms with Crippen molar-refractivity contribution in [3.8, 4) is 0 Å². The number of amides is 2. The Balaban J connectivity index is 2.55. The summed E-state index contributed by atoms with van der Waals surface area (Å²) in [4.78, 5) is 60.7. The van der Waals surface area contributed by atoms with Gasteiger partial charge in [-0.2, -0.15) is 0 Å². The number of esters is 1. The van der Waals surface area contributed by atoms with Gasteiger partial charge in [0.2, 0.25) is 5.91 Å². The number of hydrogen-bond donors (Lipinski definition) is 2. The monoisotopic (exact) mass is 588 g/mol. The number of hydrogen-bond acceptors (Lipinski definition) is 7. The number of rotatable bonds is 23. The van der Waals surface area contributed by atoms with E-state index in [1.807, 2.05) is 30.3 Å². The third-order valence-electron chi connectivity index (χ3n) is 6.90. The molecule has 3 N–H and O–H groups in total. The van der Waals surface area contributed by atoms with Gasteiger partial charge in [-0.25, -0.2) is 4.79 Å². The molecule has 0 heterocycles. The standard InChI is InChI=1S/C33H52N2O7/c1-33(2,3)42-32(40)35-28(22-18-23-29(37)41-25-26-19-14-13-15-20-26)30(38)27(31(34)39)21-16-11-9-7-5-4-6-8-10-12-17-24-36/h13-15,19-20,24,27-28H,4-12,16-18,21-23,25H2,1-3H3,(H2,34,39)(H,35,40)/t27?,28-/m0/s1. The van der Waals surface area contributed by atoms with Crippen molar-refractivity contribution in [3.63, 3.8) is 0 Å². The van der Waals surface area contributed by atoms with Crippen molar-refractivity contribution in [1.29, 1.82) is 0 Å². The lowest BCUT2D eigenvalue weighted by Crippen LogP contribution is -2.48. The van der Waals surface area contributed by atoms with Crippen LogP contribution in [0.25, 0.3) is 0 Å². The zero-order valence-electron chi connectivity index (χ0n) is 25.9. The molecule has 1 aromatic carbocycles. The maximum Gasteiger partial charge on any atom is 0.408 e. The highest BCUT2D eigenvalue weighted by atomic mass is 16.6. The van der Waals surface area contributed by atoms with E-state index in [2.05, 4.69) is 5.32 Å². The second kappa shape index (κ2) is 21.5. The molecule has 0 fully saturated rings. The van der Waals surface area contributed by atoms with E-state index < -0.39 is 41.3 Å². The van der Waals surface area contributed by atoms with Gasteiger partial charge in [-0.1, -0.05) is 88.1 Å². The van der Waals surface area contributed by atoms with Crippen LogP contribution in [0.1, 0.15) is 123 Å². The van der Waals surface area contributed by atoms with Crippen molar-refractivity contribution in [1.82, 2.24) is 5.32 Å². The summed E-state index contributed by atoms with van der Waals surface area (Å²) in [5.74, 6) is -2.61. The van der Waals surface area contributed by atoms with Gasteiger partial charge in [-0.05, 0) is 52.0 Å². The van der Waals surface area contributed by atoms with E-state index in [0.29, 0.717) is 19.3 Å². The average molecular weight is 589 g/mol. The Bertz CT molecular complexity index is 943. The van der Waals surface area contributed by atoms with Crippen LogP contribution in [0.3, 0.4) is 0 Å². The Hall–Kier alpha value is -3.23. The van der Waals surface area contributed by atoms with Gasteiger partial charge in [0.25, 0.3) is 0 Å². The molecule has 0 radical (unpaired) electrons. The molecule has 2 amide bonds. The van der Waals surface area contributed by atoms with Crippen molar-refractivity contribution in [3.05, 3.63) is 35.9 Å². The number of aldehydes is 1. The Kier molecular flexibility index (Phi) is 18.8. The number of benzene rings is 1. The highest BCUT2D eigenvalue weighted by Crippen LogP contribution is 2.19. The average Bonchev–Trinajstić information content (AvgIpc) is 2.93. The third-order valence-corrected chi connectivity index (χ3v) is 6.90. The molecule has 2 atom stereocenters. The molecule has 0 saturated carbocycles. The van der Waals surface area contributed by atoms with Gasteiger partial charge in [0.15, 0.2) is 5.78 Å². The molecule has 42 heavy (non-hydrogen) atoms. The smallest absolute Gasteiger partial charge is 0.408 e. The molecule has 0 saturated heterocycles. The molecule has 0 spiro atoms. The van der Waals surface area contributed by atoms with E-state index in [1.165, 1.54) is 12.8 Å². The van der Waals surface area contributed by atoms with Crippen LogP contribution in [-0.4, -0.2) is 41.7 Å². The number of carbonyl (C=O) groups is 5. The summed E-state index contributed by atoms with van der Waals surface area (Å²) >= 11 is 0. The van der Waals surface area contributed by atoms with Crippen molar-refractivity contribution in [2.75, 3.05) is 0 Å². The fourth-order valence-electron chi connectivity index (χ4n) is 4.65. The fourth-order valence-corrected chi connectivity index (χ4v) is 4.65. The zero-order valence-corrected chi connectivity index (χ0v) is 25.9. The van der Waals surface area contributed by atoms with Gasteiger partial charge < -0.3 is 25.3 Å². The molecule has 0 aliphatic carbocycles. The Morgan fingerprint density at radius 1 is 0.833 bits per heavy atom. The lowest BCUT2D eigenvalue weighted by atomic mass is 9.89. The quantitative estimate of drug-likeness (QED) is 0.0657. The molecule has 0 aliphatic rings. The number of Topliss-reactive ketones (excluding diaryl/α,β-unsaturated/α-hetero) is 1. The number of ketones is 1. The summed E-state index contributed by atoms with van der Waals surface area (Å²) in [5.41, 5.74) is 5.73. The first-order valence-electron chi connectivity index (χ1n) is 15.5. The number of ether oxygens (including phenoxy) is 2. The van der Waals surface area contributed by atoms with E-state index in [9.17, 15) is 24.0 Å². The number of nitrogens with one attached hydrogen (secondary N) is 1. The van der Waals surface area contributed by atoms with Crippen LogP contribution in [0.4, 0.5) is 4.79 Å². The van der Waals surface area contributed by atoms with E-state index in [4.69, 9.17) is 15.2 Å². The van der Waals surface area contributed by atoms with Crippen molar-refractivity contribution in [2.24, 2.45) is 11.7 Å². The van der Waals surface area contributed by atoms with Crippen LogP contribution in [0.5, 0.6) is 0 Å². The normalized spacial score (nSPS) is 12.6. The first-order valence-corrected chi connectivity index (χ1v) is 15.5. The summed E-state index contributed by atoms with van der Waals surface area (Å²) < 4.78 is 10.6. The van der Waals surface area contributed by atoms with E-state index in [-0.39, 0.29) is 25.9 Å². The summed E-state index contributed by atoms with van der Waals surface area (Å²) in [6.45, 7) is 5.31. The molecule has 0 aromatic heterocycles. The minimum atomic E-state index is -1.03. The van der Waals surface area contributed by atoms with Gasteiger partial charge in [0.05, 0.1) is 12.0 Å². The third kappa shape index (κ3) is 18.3. The minimum Gasteiger partial charge on any atom is -0.461 e. The van der Waals surface area contributed by atoms with Crippen LogP contribution in [0, 0.1) is 5.92 Å². The lowest BCUT2D eigenvalue weighted by molar-refractivity contribution is -0.145. The molecular formula is C33H52N2O7. The van der Waals surface area contributed by atoms with Crippen molar-refractivity contribution in [2.45, 2.75) is 135 Å². The van der Waals surface area contributed by atoms with Gasteiger partial charge >= 0.3 is 12.1 Å².